The molecule has 1 N–H and O–H groups in total. The molecule has 0 aromatic heterocycles. The second-order valence-electron chi connectivity index (χ2n) is 7.35. The maximum absolute atomic E-state index is 12.9. The zero-order chi connectivity index (χ0) is 21.1. The van der Waals surface area contributed by atoms with Crippen molar-refractivity contribution < 1.29 is 13.2 Å². The van der Waals surface area contributed by atoms with E-state index >= 15 is 0 Å². The minimum Gasteiger partial charge on any atom is -0.348 e. The Kier molecular flexibility index (Phi) is 6.88. The number of carbonyl (C=O) groups excluding carboxylic acids is 1. The molecule has 0 saturated heterocycles. The van der Waals surface area contributed by atoms with Crippen molar-refractivity contribution in [3.8, 4) is 0 Å². The lowest BCUT2D eigenvalue weighted by Crippen LogP contribution is -2.48. The van der Waals surface area contributed by atoms with Crippen LogP contribution in [0.3, 0.4) is 0 Å². The van der Waals surface area contributed by atoms with Gasteiger partial charge < -0.3 is 5.32 Å². The topological polar surface area (TPSA) is 66.5 Å². The van der Waals surface area contributed by atoms with Crippen LogP contribution in [0.1, 0.15) is 49.1 Å². The number of nitrogens with zero attached hydrogens (tertiary/aromatic N) is 1. The highest BCUT2D eigenvalue weighted by Gasteiger charge is 2.30. The average molecular weight is 403 g/mol. The maximum Gasteiger partial charge on any atom is 0.244 e. The number of carbonyl (C=O) groups is 1. The highest BCUT2D eigenvalue weighted by atomic mass is 32.2. The van der Waals surface area contributed by atoms with E-state index in [0.29, 0.717) is 5.69 Å². The smallest absolute Gasteiger partial charge is 0.244 e. The summed E-state index contributed by atoms with van der Waals surface area (Å²) in [5.74, 6) is -0.335. The molecular formula is C22H30N2O3S. The summed E-state index contributed by atoms with van der Waals surface area (Å²) in [6.07, 6.45) is 1.99. The summed E-state index contributed by atoms with van der Waals surface area (Å²) >= 11 is 0. The summed E-state index contributed by atoms with van der Waals surface area (Å²) in [6, 6.07) is 12.3. The highest BCUT2D eigenvalue weighted by Crippen LogP contribution is 2.23. The number of aryl methyl sites for hydroxylation is 3. The minimum absolute atomic E-state index is 0.223. The van der Waals surface area contributed by atoms with Gasteiger partial charge in [-0.05, 0) is 62.9 Å². The molecule has 0 aliphatic carbocycles. The number of nitrogens with one attached hydrogen (secondary N) is 1. The van der Waals surface area contributed by atoms with Gasteiger partial charge >= 0.3 is 0 Å². The molecule has 0 heterocycles. The number of rotatable bonds is 7. The second kappa shape index (κ2) is 8.78. The van der Waals surface area contributed by atoms with Crippen LogP contribution in [0.2, 0.25) is 0 Å². The van der Waals surface area contributed by atoms with E-state index in [4.69, 9.17) is 0 Å². The average Bonchev–Trinajstić information content (AvgIpc) is 2.63. The van der Waals surface area contributed by atoms with Crippen LogP contribution in [0.5, 0.6) is 0 Å². The molecule has 1 amide bonds. The van der Waals surface area contributed by atoms with Crippen molar-refractivity contribution in [2.75, 3.05) is 10.6 Å². The van der Waals surface area contributed by atoms with E-state index in [1.54, 1.807) is 19.1 Å². The summed E-state index contributed by atoms with van der Waals surface area (Å²) in [5.41, 5.74) is 4.82. The van der Waals surface area contributed by atoms with Crippen LogP contribution in [0.4, 0.5) is 5.69 Å². The molecule has 0 fully saturated rings. The van der Waals surface area contributed by atoms with E-state index in [2.05, 4.69) is 5.32 Å². The predicted octanol–water partition coefficient (Wildman–Crippen LogP) is 3.90. The van der Waals surface area contributed by atoms with E-state index in [-0.39, 0.29) is 11.9 Å². The van der Waals surface area contributed by atoms with Crippen LogP contribution in [-0.2, 0) is 21.2 Å². The Hall–Kier alpha value is -2.34. The number of benzene rings is 2. The lowest BCUT2D eigenvalue weighted by Gasteiger charge is -2.29. The number of hydrogen-bond donors (Lipinski definition) is 1. The first kappa shape index (κ1) is 22.0. The molecule has 0 unspecified atom stereocenters. The molecule has 2 atom stereocenters. The van der Waals surface area contributed by atoms with Gasteiger partial charge in [0.25, 0.3) is 0 Å². The molecule has 152 valence electrons. The summed E-state index contributed by atoms with van der Waals surface area (Å²) in [6.45, 7) is 9.56. The van der Waals surface area contributed by atoms with Gasteiger partial charge in [0.2, 0.25) is 15.9 Å². The van der Waals surface area contributed by atoms with Crippen LogP contribution in [0.25, 0.3) is 0 Å². The van der Waals surface area contributed by atoms with Gasteiger partial charge in [-0.25, -0.2) is 8.42 Å². The third kappa shape index (κ3) is 5.13. The van der Waals surface area contributed by atoms with Gasteiger partial charge in [0.05, 0.1) is 18.0 Å². The first-order valence-electron chi connectivity index (χ1n) is 9.50. The minimum atomic E-state index is -3.62. The van der Waals surface area contributed by atoms with Gasteiger partial charge in [0.1, 0.15) is 6.04 Å². The molecule has 2 rings (SSSR count). The fourth-order valence-electron chi connectivity index (χ4n) is 3.33. The Balaban J connectivity index is 2.27. The van der Waals surface area contributed by atoms with Crippen LogP contribution >= 0.6 is 0 Å². The van der Waals surface area contributed by atoms with Crippen molar-refractivity contribution in [3.63, 3.8) is 0 Å². The van der Waals surface area contributed by atoms with Gasteiger partial charge in [-0.2, -0.15) is 0 Å². The van der Waals surface area contributed by atoms with E-state index < -0.39 is 16.1 Å². The quantitative estimate of drug-likeness (QED) is 0.764. The fraction of sp³-hybridized carbons (Fsp3) is 0.409. The van der Waals surface area contributed by atoms with Crippen LogP contribution in [0.15, 0.2) is 42.5 Å². The monoisotopic (exact) mass is 402 g/mol. The number of hydrogen-bond acceptors (Lipinski definition) is 3. The molecule has 0 spiro atoms. The molecule has 2 aromatic rings. The van der Waals surface area contributed by atoms with Crippen molar-refractivity contribution in [1.82, 2.24) is 5.32 Å². The van der Waals surface area contributed by atoms with E-state index in [0.717, 1.165) is 34.9 Å². The Bertz CT molecular complexity index is 937. The molecule has 0 radical (unpaired) electrons. The van der Waals surface area contributed by atoms with Gasteiger partial charge in [-0.3, -0.25) is 9.10 Å². The molecule has 0 saturated carbocycles. The third-order valence-electron chi connectivity index (χ3n) is 4.95. The van der Waals surface area contributed by atoms with Gasteiger partial charge in [0.15, 0.2) is 0 Å². The summed E-state index contributed by atoms with van der Waals surface area (Å²) < 4.78 is 26.0. The molecule has 0 aliphatic rings. The van der Waals surface area contributed by atoms with Gasteiger partial charge in [-0.1, -0.05) is 42.8 Å². The summed E-state index contributed by atoms with van der Waals surface area (Å²) in [5, 5.41) is 2.96. The first-order valence-corrected chi connectivity index (χ1v) is 11.3. The van der Waals surface area contributed by atoms with Crippen molar-refractivity contribution in [2.45, 2.75) is 53.1 Å². The Labute approximate surface area is 168 Å². The Morgan fingerprint density at radius 3 is 2.21 bits per heavy atom. The number of amides is 1. The zero-order valence-corrected chi connectivity index (χ0v) is 18.3. The Morgan fingerprint density at radius 1 is 1.07 bits per heavy atom. The molecule has 0 bridgehead atoms. The summed E-state index contributed by atoms with van der Waals surface area (Å²) in [4.78, 5) is 12.9. The third-order valence-corrected chi connectivity index (χ3v) is 6.19. The summed E-state index contributed by atoms with van der Waals surface area (Å²) in [7, 11) is -3.62. The first-order chi connectivity index (χ1) is 13.0. The van der Waals surface area contributed by atoms with Crippen LogP contribution in [-0.4, -0.2) is 26.6 Å². The Morgan fingerprint density at radius 2 is 1.68 bits per heavy atom. The van der Waals surface area contributed by atoms with E-state index in [1.165, 1.54) is 4.31 Å². The van der Waals surface area contributed by atoms with Crippen molar-refractivity contribution in [2.24, 2.45) is 0 Å². The standard InChI is InChI=1S/C22H30N2O3S/c1-7-19-10-12-20(13-11-19)24(28(6,26)27)18(5)22(25)23-17(4)21-14-15(2)8-9-16(21)3/h8-14,17-18H,7H2,1-6H3,(H,23,25)/t17-,18-/m0/s1. The molecule has 5 nitrogen and oxygen atoms in total. The van der Waals surface area contributed by atoms with Crippen molar-refractivity contribution >= 4 is 21.6 Å². The van der Waals surface area contributed by atoms with E-state index in [1.807, 2.05) is 58.0 Å². The SMILES string of the molecule is CCc1ccc(N([C@@H](C)C(=O)N[C@@H](C)c2cc(C)ccc2C)S(C)(=O)=O)cc1. The lowest BCUT2D eigenvalue weighted by molar-refractivity contribution is -0.122. The van der Waals surface area contributed by atoms with Crippen LogP contribution < -0.4 is 9.62 Å². The molecule has 0 aliphatic heterocycles. The predicted molar refractivity (Wildman–Crippen MR) is 115 cm³/mol. The molecule has 2 aromatic carbocycles. The fourth-order valence-corrected chi connectivity index (χ4v) is 4.50. The number of sulfonamides is 1. The van der Waals surface area contributed by atoms with Gasteiger partial charge in [0, 0.05) is 0 Å². The van der Waals surface area contributed by atoms with Crippen molar-refractivity contribution in [1.29, 1.82) is 0 Å². The highest BCUT2D eigenvalue weighted by molar-refractivity contribution is 7.92. The number of anilines is 1. The second-order valence-corrected chi connectivity index (χ2v) is 9.20. The molecule has 28 heavy (non-hydrogen) atoms. The van der Waals surface area contributed by atoms with Crippen LogP contribution in [0, 0.1) is 13.8 Å². The van der Waals surface area contributed by atoms with Crippen molar-refractivity contribution in [3.05, 3.63) is 64.7 Å². The normalized spacial score (nSPS) is 13.6. The molecule has 6 heteroatoms. The largest absolute Gasteiger partial charge is 0.348 e. The molecular weight excluding hydrogens is 372 g/mol. The zero-order valence-electron chi connectivity index (χ0n) is 17.5. The lowest BCUT2D eigenvalue weighted by atomic mass is 10.00. The van der Waals surface area contributed by atoms with Gasteiger partial charge in [-0.15, -0.1) is 0 Å². The van der Waals surface area contributed by atoms with E-state index in [9.17, 15) is 13.2 Å². The maximum atomic E-state index is 12.9.